The molecule has 27 unspecified atom stereocenters. The van der Waals surface area contributed by atoms with E-state index in [0.29, 0.717) is 12.8 Å². The Hall–Kier alpha value is -2.35. The first-order valence-corrected chi connectivity index (χ1v) is 29.2. The van der Waals surface area contributed by atoms with Crippen LogP contribution in [0.2, 0.25) is 0 Å². The zero-order valence-corrected chi connectivity index (χ0v) is 47.8. The molecule has 80 heavy (non-hydrogen) atoms. The van der Waals surface area contributed by atoms with Crippen LogP contribution in [-0.4, -0.2) is 230 Å². The molecule has 7 aliphatic rings. The van der Waals surface area contributed by atoms with E-state index in [2.05, 4.69) is 6.92 Å². The third kappa shape index (κ3) is 16.7. The first-order valence-electron chi connectivity index (χ1n) is 29.2. The van der Waals surface area contributed by atoms with Crippen molar-refractivity contribution in [2.75, 3.05) is 6.61 Å². The summed E-state index contributed by atoms with van der Waals surface area (Å²) in [5.74, 6) is -3.57. The summed E-state index contributed by atoms with van der Waals surface area (Å²) in [5, 5.41) is 101. The number of unbranched alkanes of at least 4 members (excludes halogenated alkanes) is 2. The summed E-state index contributed by atoms with van der Waals surface area (Å²) in [4.78, 5) is 40.5. The van der Waals surface area contributed by atoms with E-state index >= 15 is 0 Å². The SMILES string of the molecule is CCCCCC1CCCCCCCCCC(=O)OC2C(O)C(OC(C)C2OC2OC(C)C(OC3OC(C)C(OC(=O)C(C)C)C(O)C3O)C(OC3OC(CO)C(O)C(O)C3O)C2OC(=O)C(C)CC)OC2C(C)OC(O1)C(O)C2O. The van der Waals surface area contributed by atoms with Crippen molar-refractivity contribution in [2.24, 2.45) is 11.8 Å². The van der Waals surface area contributed by atoms with Crippen LogP contribution in [-0.2, 0) is 76.0 Å². The van der Waals surface area contributed by atoms with Crippen LogP contribution < -0.4 is 0 Å². The van der Waals surface area contributed by atoms with Gasteiger partial charge in [0.15, 0.2) is 49.8 Å². The highest BCUT2D eigenvalue weighted by Gasteiger charge is 2.59. The fourth-order valence-electron chi connectivity index (χ4n) is 10.9. The summed E-state index contributed by atoms with van der Waals surface area (Å²) < 4.78 is 80.6. The number of carbonyl (C=O) groups excluding carboxylic acids is 3. The van der Waals surface area contributed by atoms with E-state index in [1.165, 1.54) is 20.8 Å². The molecule has 0 aromatic rings. The predicted octanol–water partition coefficient (Wildman–Crippen LogP) is 1.04. The average molecular weight is 1160 g/mol. The van der Waals surface area contributed by atoms with E-state index in [9.17, 15) is 60.3 Å². The van der Waals surface area contributed by atoms with Gasteiger partial charge in [0.1, 0.15) is 79.4 Å². The molecule has 0 aromatic heterocycles. The van der Waals surface area contributed by atoms with Gasteiger partial charge in [-0.15, -0.1) is 0 Å². The van der Waals surface area contributed by atoms with Gasteiger partial charge in [0.2, 0.25) is 0 Å². The van der Waals surface area contributed by atoms with Crippen LogP contribution in [0.15, 0.2) is 0 Å². The maximum atomic E-state index is 14.0. The highest BCUT2D eigenvalue weighted by atomic mass is 16.8. The predicted molar refractivity (Wildman–Crippen MR) is 275 cm³/mol. The minimum atomic E-state index is -2.02. The molecule has 25 nitrogen and oxygen atoms in total. The molecule has 7 rings (SSSR count). The quantitative estimate of drug-likeness (QED) is 0.0592. The van der Waals surface area contributed by atoms with E-state index < -0.39 is 190 Å². The van der Waals surface area contributed by atoms with Crippen LogP contribution in [0.3, 0.4) is 0 Å². The van der Waals surface area contributed by atoms with Crippen molar-refractivity contribution in [3.05, 3.63) is 0 Å². The summed E-state index contributed by atoms with van der Waals surface area (Å²) in [5.41, 5.74) is 0. The molecule has 25 heteroatoms. The number of hydrogen-bond acceptors (Lipinski definition) is 25. The molecule has 4 bridgehead atoms. The van der Waals surface area contributed by atoms with Crippen molar-refractivity contribution in [2.45, 2.75) is 312 Å². The molecule has 7 saturated heterocycles. The van der Waals surface area contributed by atoms with Gasteiger partial charge in [-0.3, -0.25) is 14.4 Å². The minimum Gasteiger partial charge on any atom is -0.457 e. The van der Waals surface area contributed by atoms with Crippen LogP contribution >= 0.6 is 0 Å². The standard InChI is InChI=1S/C55H94O25/c1-10-12-18-21-31-22-19-16-14-13-15-17-20-23-33(57)74-46-41(65)54(77-43-28(7)68-51(72-31)39(63)37(43)61)70-29(8)44(46)79-55-48(76-50(67)26(5)11-2)47(80-53-38(62)35(59)34(58)32(24-56)73-53)45(30(9)71-55)78-52-40(64)36(60)42(27(6)69-52)75-49(66)25(3)4/h25-32,34-48,51-56,58-65H,10-24H2,1-9H3. The number of fused-ring (bicyclic) bond motifs is 14. The van der Waals surface area contributed by atoms with Gasteiger partial charge >= 0.3 is 17.9 Å². The second-order valence-corrected chi connectivity index (χ2v) is 22.9. The second kappa shape index (κ2) is 31.2. The highest BCUT2D eigenvalue weighted by Crippen LogP contribution is 2.39. The Morgan fingerprint density at radius 1 is 0.525 bits per heavy atom. The van der Waals surface area contributed by atoms with E-state index in [4.69, 9.17) is 61.6 Å². The largest absolute Gasteiger partial charge is 0.457 e. The smallest absolute Gasteiger partial charge is 0.309 e. The monoisotopic (exact) mass is 1150 g/mol. The minimum absolute atomic E-state index is 0.0449. The Kier molecular flexibility index (Phi) is 26.0. The molecule has 27 atom stereocenters. The number of aliphatic hydroxyl groups is 9. The van der Waals surface area contributed by atoms with Gasteiger partial charge in [-0.1, -0.05) is 92.4 Å². The molecule has 9 N–H and O–H groups in total. The van der Waals surface area contributed by atoms with Crippen molar-refractivity contribution in [3.8, 4) is 0 Å². The number of carbonyl (C=O) groups is 3. The first kappa shape index (κ1) is 66.8. The summed E-state index contributed by atoms with van der Waals surface area (Å²) in [7, 11) is 0. The van der Waals surface area contributed by atoms with Crippen molar-refractivity contribution >= 4 is 17.9 Å². The number of hydrogen-bond donors (Lipinski definition) is 9. The van der Waals surface area contributed by atoms with Gasteiger partial charge in [-0.05, 0) is 53.4 Å². The Morgan fingerprint density at radius 2 is 1.09 bits per heavy atom. The molecule has 0 spiro atoms. The molecule has 0 saturated carbocycles. The van der Waals surface area contributed by atoms with Crippen LogP contribution in [0.5, 0.6) is 0 Å². The van der Waals surface area contributed by atoms with Gasteiger partial charge < -0.3 is 108 Å². The maximum Gasteiger partial charge on any atom is 0.309 e. The lowest BCUT2D eigenvalue weighted by Crippen LogP contribution is -2.68. The molecule has 7 aliphatic heterocycles. The number of esters is 3. The molecular formula is C55H94O25. The number of ether oxygens (including phenoxy) is 13. The zero-order valence-electron chi connectivity index (χ0n) is 47.8. The summed E-state index contributed by atoms with van der Waals surface area (Å²) in [6.07, 6.45) is -29.4. The van der Waals surface area contributed by atoms with Gasteiger partial charge in [0.25, 0.3) is 0 Å². The maximum absolute atomic E-state index is 14.0. The summed E-state index contributed by atoms with van der Waals surface area (Å²) >= 11 is 0. The average Bonchev–Trinajstić information content (AvgIpc) is 3.45. The summed E-state index contributed by atoms with van der Waals surface area (Å²) in [6, 6.07) is 0. The molecule has 0 radical (unpaired) electrons. The Bertz CT molecular complexity index is 1880. The van der Waals surface area contributed by atoms with Crippen molar-refractivity contribution in [1.82, 2.24) is 0 Å². The van der Waals surface area contributed by atoms with Gasteiger partial charge in [0, 0.05) is 6.42 Å². The lowest BCUT2D eigenvalue weighted by atomic mass is 9.95. The van der Waals surface area contributed by atoms with Gasteiger partial charge in [-0.2, -0.15) is 0 Å². The van der Waals surface area contributed by atoms with Gasteiger partial charge in [0.05, 0.1) is 49.0 Å². The van der Waals surface area contributed by atoms with E-state index in [1.54, 1.807) is 34.6 Å². The first-order chi connectivity index (χ1) is 38.0. The molecule has 0 amide bonds. The number of aliphatic hydroxyl groups excluding tert-OH is 9. The molecule has 0 aliphatic carbocycles. The van der Waals surface area contributed by atoms with E-state index in [0.717, 1.165) is 64.2 Å². The normalized spacial score (nSPS) is 44.3. The summed E-state index contributed by atoms with van der Waals surface area (Å²) in [6.45, 7) is 13.8. The fourth-order valence-corrected chi connectivity index (χ4v) is 10.9. The molecular weight excluding hydrogens is 1060 g/mol. The lowest BCUT2D eigenvalue weighted by Gasteiger charge is -2.51. The topological polar surface area (TPSA) is 353 Å². The van der Waals surface area contributed by atoms with Crippen LogP contribution in [0.25, 0.3) is 0 Å². The molecule has 7 heterocycles. The lowest BCUT2D eigenvalue weighted by molar-refractivity contribution is -0.398. The number of rotatable bonds is 16. The highest BCUT2D eigenvalue weighted by molar-refractivity contribution is 5.72. The van der Waals surface area contributed by atoms with Crippen molar-refractivity contribution < 1.29 is 122 Å². The second-order valence-electron chi connectivity index (χ2n) is 22.9. The third-order valence-electron chi connectivity index (χ3n) is 16.2. The molecule has 464 valence electrons. The fraction of sp³-hybridized carbons (Fsp3) is 0.945. The Balaban J connectivity index is 1.34. The Labute approximate surface area is 469 Å². The van der Waals surface area contributed by atoms with Gasteiger partial charge in [-0.25, -0.2) is 0 Å². The van der Waals surface area contributed by atoms with Crippen LogP contribution in [0, 0.1) is 11.8 Å². The van der Waals surface area contributed by atoms with Crippen molar-refractivity contribution in [1.29, 1.82) is 0 Å². The third-order valence-corrected chi connectivity index (χ3v) is 16.2. The van der Waals surface area contributed by atoms with Crippen LogP contribution in [0.4, 0.5) is 0 Å². The molecule has 0 aromatic carbocycles. The van der Waals surface area contributed by atoms with E-state index in [1.807, 2.05) is 0 Å². The van der Waals surface area contributed by atoms with Crippen LogP contribution in [0.1, 0.15) is 152 Å². The zero-order chi connectivity index (χ0) is 58.7. The van der Waals surface area contributed by atoms with Crippen molar-refractivity contribution in [3.63, 3.8) is 0 Å². The molecule has 7 fully saturated rings. The van der Waals surface area contributed by atoms with E-state index in [-0.39, 0.29) is 18.9 Å². The Morgan fingerprint density at radius 3 is 1.75 bits per heavy atom.